The summed E-state index contributed by atoms with van der Waals surface area (Å²) in [5.74, 6) is 0.0559. The molecule has 1 aromatic rings. The van der Waals surface area contributed by atoms with Gasteiger partial charge in [-0.25, -0.2) is 4.98 Å². The van der Waals surface area contributed by atoms with Crippen molar-refractivity contribution in [1.29, 1.82) is 0 Å². The second-order valence-electron chi connectivity index (χ2n) is 4.07. The summed E-state index contributed by atoms with van der Waals surface area (Å²) >= 11 is 3.03. The van der Waals surface area contributed by atoms with E-state index < -0.39 is 11.7 Å². The van der Waals surface area contributed by atoms with Gasteiger partial charge in [-0.2, -0.15) is 13.2 Å². The number of anilines is 1. The molecule has 0 N–H and O–H groups in total. The van der Waals surface area contributed by atoms with Crippen molar-refractivity contribution < 1.29 is 13.2 Å². The summed E-state index contributed by atoms with van der Waals surface area (Å²) in [6.45, 7) is 1.30. The third-order valence-electron chi connectivity index (χ3n) is 2.79. The molecule has 1 aromatic heterocycles. The second kappa shape index (κ2) is 4.84. The molecule has 1 aliphatic heterocycles. The first-order valence-electron chi connectivity index (χ1n) is 5.46. The fourth-order valence-corrected chi connectivity index (χ4v) is 2.33. The van der Waals surface area contributed by atoms with Gasteiger partial charge in [0.05, 0.1) is 5.56 Å². The predicted molar refractivity (Wildman–Crippen MR) is 63.0 cm³/mol. The van der Waals surface area contributed by atoms with Crippen molar-refractivity contribution in [1.82, 2.24) is 4.98 Å². The molecule has 6 heteroatoms. The zero-order chi connectivity index (χ0) is 12.5. The standard InChI is InChI=1S/C11H12BrF3N2/c12-8-6-9(11(13,14)15)10(16-7-8)17-4-2-1-3-5-17/h6-7H,1-5H2. The molecule has 0 radical (unpaired) electrons. The lowest BCUT2D eigenvalue weighted by molar-refractivity contribution is -0.137. The van der Waals surface area contributed by atoms with E-state index in [-0.39, 0.29) is 5.82 Å². The molecule has 0 spiro atoms. The lowest BCUT2D eigenvalue weighted by atomic mass is 10.1. The maximum atomic E-state index is 12.9. The van der Waals surface area contributed by atoms with E-state index in [9.17, 15) is 13.2 Å². The number of hydrogen-bond acceptors (Lipinski definition) is 2. The Kier molecular flexibility index (Phi) is 3.61. The van der Waals surface area contributed by atoms with Crippen LogP contribution in [0.3, 0.4) is 0 Å². The molecule has 17 heavy (non-hydrogen) atoms. The van der Waals surface area contributed by atoms with Crippen LogP contribution < -0.4 is 4.90 Å². The lowest BCUT2D eigenvalue weighted by Gasteiger charge is -2.29. The summed E-state index contributed by atoms with van der Waals surface area (Å²) in [5, 5.41) is 0. The molecule has 1 aliphatic rings. The minimum atomic E-state index is -4.36. The Morgan fingerprint density at radius 3 is 2.41 bits per heavy atom. The van der Waals surface area contributed by atoms with Crippen LogP contribution in [0, 0.1) is 0 Å². The fraction of sp³-hybridized carbons (Fsp3) is 0.545. The van der Waals surface area contributed by atoms with Crippen LogP contribution in [0.15, 0.2) is 16.7 Å². The van der Waals surface area contributed by atoms with E-state index in [2.05, 4.69) is 20.9 Å². The summed E-state index contributed by atoms with van der Waals surface area (Å²) in [6.07, 6.45) is -0.0127. The Hall–Kier alpha value is -0.780. The average molecular weight is 309 g/mol. The van der Waals surface area contributed by atoms with E-state index in [1.165, 1.54) is 6.20 Å². The number of hydrogen-bond donors (Lipinski definition) is 0. The SMILES string of the molecule is FC(F)(F)c1cc(Br)cnc1N1CCCCC1. The lowest BCUT2D eigenvalue weighted by Crippen LogP contribution is -2.32. The van der Waals surface area contributed by atoms with Crippen LogP contribution in [0.2, 0.25) is 0 Å². The first kappa shape index (κ1) is 12.7. The van der Waals surface area contributed by atoms with Crippen molar-refractivity contribution in [2.45, 2.75) is 25.4 Å². The first-order valence-corrected chi connectivity index (χ1v) is 6.25. The zero-order valence-electron chi connectivity index (χ0n) is 9.10. The Labute approximate surface area is 106 Å². The molecule has 2 nitrogen and oxygen atoms in total. The Balaban J connectivity index is 2.38. The van der Waals surface area contributed by atoms with Crippen molar-refractivity contribution in [3.8, 4) is 0 Å². The van der Waals surface area contributed by atoms with Crippen LogP contribution in [0.1, 0.15) is 24.8 Å². The highest BCUT2D eigenvalue weighted by atomic mass is 79.9. The monoisotopic (exact) mass is 308 g/mol. The molecule has 0 saturated carbocycles. The van der Waals surface area contributed by atoms with Gasteiger partial charge in [-0.3, -0.25) is 0 Å². The number of halogens is 4. The van der Waals surface area contributed by atoms with Crippen LogP contribution in [0.5, 0.6) is 0 Å². The molecule has 0 bridgehead atoms. The predicted octanol–water partition coefficient (Wildman–Crippen LogP) is 3.85. The Morgan fingerprint density at radius 1 is 1.18 bits per heavy atom. The molecule has 0 aromatic carbocycles. The average Bonchev–Trinajstić information content (AvgIpc) is 2.29. The molecule has 1 fully saturated rings. The summed E-state index contributed by atoms with van der Waals surface area (Å²) < 4.78 is 39.0. The van der Waals surface area contributed by atoms with E-state index in [1.807, 2.05) is 0 Å². The highest BCUT2D eigenvalue weighted by Gasteiger charge is 2.36. The van der Waals surface area contributed by atoms with Crippen molar-refractivity contribution in [2.75, 3.05) is 18.0 Å². The van der Waals surface area contributed by atoms with Gasteiger partial charge < -0.3 is 4.90 Å². The molecule has 1 saturated heterocycles. The molecule has 0 unspecified atom stereocenters. The highest BCUT2D eigenvalue weighted by Crippen LogP contribution is 2.37. The maximum Gasteiger partial charge on any atom is 0.419 e. The Morgan fingerprint density at radius 2 is 1.82 bits per heavy atom. The molecule has 94 valence electrons. The van der Waals surface area contributed by atoms with Crippen LogP contribution in [0.25, 0.3) is 0 Å². The van der Waals surface area contributed by atoms with E-state index in [4.69, 9.17) is 0 Å². The van der Waals surface area contributed by atoms with E-state index in [1.54, 1.807) is 4.90 Å². The van der Waals surface area contributed by atoms with E-state index in [0.717, 1.165) is 25.3 Å². The quantitative estimate of drug-likeness (QED) is 0.783. The zero-order valence-corrected chi connectivity index (χ0v) is 10.7. The Bertz CT molecular complexity index is 400. The molecule has 2 rings (SSSR count). The van der Waals surface area contributed by atoms with Gasteiger partial charge in [-0.05, 0) is 41.3 Å². The van der Waals surface area contributed by atoms with Crippen molar-refractivity contribution in [2.24, 2.45) is 0 Å². The van der Waals surface area contributed by atoms with Gasteiger partial charge in [0, 0.05) is 23.8 Å². The van der Waals surface area contributed by atoms with Gasteiger partial charge in [0.15, 0.2) is 0 Å². The largest absolute Gasteiger partial charge is 0.419 e. The highest BCUT2D eigenvalue weighted by molar-refractivity contribution is 9.10. The summed E-state index contributed by atoms with van der Waals surface area (Å²) in [7, 11) is 0. The fourth-order valence-electron chi connectivity index (χ4n) is 2.00. The van der Waals surface area contributed by atoms with Gasteiger partial charge in [-0.1, -0.05) is 0 Å². The topological polar surface area (TPSA) is 16.1 Å². The summed E-state index contributed by atoms with van der Waals surface area (Å²) in [5.41, 5.74) is -0.659. The molecular formula is C11H12BrF3N2. The summed E-state index contributed by atoms with van der Waals surface area (Å²) in [6, 6.07) is 1.09. The molecule has 0 aliphatic carbocycles. The van der Waals surface area contributed by atoms with Gasteiger partial charge in [-0.15, -0.1) is 0 Å². The molecular weight excluding hydrogens is 297 g/mol. The van der Waals surface area contributed by atoms with Crippen LogP contribution in [0.4, 0.5) is 19.0 Å². The van der Waals surface area contributed by atoms with E-state index in [0.29, 0.717) is 17.6 Å². The maximum absolute atomic E-state index is 12.9. The van der Waals surface area contributed by atoms with Crippen LogP contribution in [-0.4, -0.2) is 18.1 Å². The number of rotatable bonds is 1. The number of piperidine rings is 1. The van der Waals surface area contributed by atoms with Gasteiger partial charge in [0.25, 0.3) is 0 Å². The van der Waals surface area contributed by atoms with E-state index >= 15 is 0 Å². The minimum Gasteiger partial charge on any atom is -0.356 e. The van der Waals surface area contributed by atoms with Gasteiger partial charge in [0.1, 0.15) is 5.82 Å². The smallest absolute Gasteiger partial charge is 0.356 e. The number of pyridine rings is 1. The summed E-state index contributed by atoms with van der Waals surface area (Å²) in [4.78, 5) is 5.65. The third-order valence-corrected chi connectivity index (χ3v) is 3.23. The van der Waals surface area contributed by atoms with Crippen LogP contribution in [-0.2, 0) is 6.18 Å². The molecule has 2 heterocycles. The number of nitrogens with zero attached hydrogens (tertiary/aromatic N) is 2. The van der Waals surface area contributed by atoms with Crippen molar-refractivity contribution in [3.05, 3.63) is 22.3 Å². The van der Waals surface area contributed by atoms with Gasteiger partial charge >= 0.3 is 6.18 Å². The van der Waals surface area contributed by atoms with Crippen molar-refractivity contribution >= 4 is 21.7 Å². The molecule has 0 atom stereocenters. The third kappa shape index (κ3) is 2.91. The second-order valence-corrected chi connectivity index (χ2v) is 4.99. The number of aromatic nitrogens is 1. The van der Waals surface area contributed by atoms with Gasteiger partial charge in [0.2, 0.25) is 0 Å². The minimum absolute atomic E-state index is 0.0559. The number of alkyl halides is 3. The molecule has 0 amide bonds. The first-order chi connectivity index (χ1) is 7.98. The van der Waals surface area contributed by atoms with Crippen LogP contribution >= 0.6 is 15.9 Å². The van der Waals surface area contributed by atoms with Crippen molar-refractivity contribution in [3.63, 3.8) is 0 Å². The normalized spacial score (nSPS) is 17.3.